The second kappa shape index (κ2) is 2.60. The molecule has 0 aliphatic heterocycles. The third kappa shape index (κ3) is 1.08. The van der Waals surface area contributed by atoms with Gasteiger partial charge in [-0.25, -0.2) is 9.78 Å². The van der Waals surface area contributed by atoms with Crippen molar-refractivity contribution >= 4 is 22.5 Å². The van der Waals surface area contributed by atoms with Crippen molar-refractivity contribution in [2.24, 2.45) is 0 Å². The molecule has 2 aromatic rings. The maximum atomic E-state index is 11.1. The summed E-state index contributed by atoms with van der Waals surface area (Å²) in [6.07, 6.45) is 1.12. The minimum absolute atomic E-state index is 0.407. The molecule has 1 aromatic carbocycles. The predicted octanol–water partition coefficient (Wildman–Crippen LogP) is 1.84. The van der Waals surface area contributed by atoms with E-state index in [1.165, 1.54) is 6.07 Å². The van der Waals surface area contributed by atoms with Gasteiger partial charge in [0, 0.05) is 5.02 Å². The molecule has 60 valence electrons. The van der Waals surface area contributed by atoms with Gasteiger partial charge in [-0.15, -0.1) is 0 Å². The first-order chi connectivity index (χ1) is 5.77. The van der Waals surface area contributed by atoms with Gasteiger partial charge in [0.25, 0.3) is 0 Å². The summed E-state index contributed by atoms with van der Waals surface area (Å²) < 4.78 is 4.57. The van der Waals surface area contributed by atoms with Crippen LogP contribution in [0.15, 0.2) is 33.8 Å². The lowest BCUT2D eigenvalue weighted by molar-refractivity contribution is 0.501. The highest BCUT2D eigenvalue weighted by molar-refractivity contribution is 6.31. The molecule has 0 radical (unpaired) electrons. The van der Waals surface area contributed by atoms with E-state index < -0.39 is 5.63 Å². The van der Waals surface area contributed by atoms with Crippen molar-refractivity contribution in [1.82, 2.24) is 4.98 Å². The van der Waals surface area contributed by atoms with Crippen LogP contribution in [0.3, 0.4) is 0 Å². The molecule has 0 unspecified atom stereocenters. The lowest BCUT2D eigenvalue weighted by atomic mass is 10.2. The summed E-state index contributed by atoms with van der Waals surface area (Å²) in [5, 5.41) is 0.910. The minimum Gasteiger partial charge on any atom is -0.411 e. The van der Waals surface area contributed by atoms with Crippen LogP contribution in [0.25, 0.3) is 10.9 Å². The van der Waals surface area contributed by atoms with Crippen LogP contribution in [0.4, 0.5) is 0 Å². The maximum absolute atomic E-state index is 11.1. The van der Waals surface area contributed by atoms with Crippen LogP contribution < -0.4 is 5.63 Å². The molecule has 1 heterocycles. The zero-order valence-electron chi connectivity index (χ0n) is 5.95. The van der Waals surface area contributed by atoms with Gasteiger partial charge in [-0.05, 0) is 18.2 Å². The van der Waals surface area contributed by atoms with E-state index in [0.717, 1.165) is 6.39 Å². The van der Waals surface area contributed by atoms with E-state index in [9.17, 15) is 4.79 Å². The molecule has 0 aliphatic carbocycles. The average Bonchev–Trinajstić information content (AvgIpc) is 2.07. The Kier molecular flexibility index (Phi) is 1.59. The summed E-state index contributed by atoms with van der Waals surface area (Å²) in [5.41, 5.74) is 0.179. The Morgan fingerprint density at radius 1 is 1.42 bits per heavy atom. The van der Waals surface area contributed by atoms with Crippen LogP contribution in [-0.4, -0.2) is 4.98 Å². The Hall–Kier alpha value is -1.35. The maximum Gasteiger partial charge on any atom is 0.346 e. The van der Waals surface area contributed by atoms with Crippen molar-refractivity contribution in [2.75, 3.05) is 0 Å². The van der Waals surface area contributed by atoms with Gasteiger partial charge in [0.2, 0.25) is 0 Å². The van der Waals surface area contributed by atoms with Crippen LogP contribution >= 0.6 is 11.6 Å². The summed E-state index contributed by atoms with van der Waals surface area (Å²) in [7, 11) is 0. The number of fused-ring (bicyclic) bond motifs is 1. The highest BCUT2D eigenvalue weighted by Gasteiger charge is 2.00. The van der Waals surface area contributed by atoms with Gasteiger partial charge >= 0.3 is 5.63 Å². The number of hydrogen-bond acceptors (Lipinski definition) is 3. The van der Waals surface area contributed by atoms with Gasteiger partial charge in [0.15, 0.2) is 6.39 Å². The average molecular weight is 182 g/mol. The second-order valence-corrected chi connectivity index (χ2v) is 2.74. The fraction of sp³-hybridized carbons (Fsp3) is 0. The molecular weight excluding hydrogens is 178 g/mol. The molecule has 0 spiro atoms. The van der Waals surface area contributed by atoms with E-state index in [4.69, 9.17) is 11.6 Å². The summed E-state index contributed by atoms with van der Waals surface area (Å²) in [6, 6.07) is 4.89. The first kappa shape index (κ1) is 7.31. The third-order valence-electron chi connectivity index (χ3n) is 1.53. The Morgan fingerprint density at radius 3 is 3.08 bits per heavy atom. The highest BCUT2D eigenvalue weighted by atomic mass is 35.5. The van der Waals surface area contributed by atoms with E-state index in [1.54, 1.807) is 12.1 Å². The Morgan fingerprint density at radius 2 is 2.25 bits per heavy atom. The summed E-state index contributed by atoms with van der Waals surface area (Å²) >= 11 is 5.68. The molecule has 0 amide bonds. The third-order valence-corrected chi connectivity index (χ3v) is 1.77. The van der Waals surface area contributed by atoms with Crippen LogP contribution in [0.2, 0.25) is 5.02 Å². The Balaban J connectivity index is 2.98. The van der Waals surface area contributed by atoms with Crippen LogP contribution in [0.5, 0.6) is 0 Å². The molecule has 0 saturated heterocycles. The summed E-state index contributed by atoms with van der Waals surface area (Å²) in [5.74, 6) is 0. The van der Waals surface area contributed by atoms with Gasteiger partial charge in [0.05, 0.1) is 10.9 Å². The van der Waals surface area contributed by atoms with Crippen molar-refractivity contribution in [3.63, 3.8) is 0 Å². The smallest absolute Gasteiger partial charge is 0.346 e. The molecular formula is C8H4ClNO2. The minimum atomic E-state index is -0.414. The quantitative estimate of drug-likeness (QED) is 0.623. The normalized spacial score (nSPS) is 10.4. The van der Waals surface area contributed by atoms with E-state index in [0.29, 0.717) is 15.9 Å². The molecule has 0 saturated carbocycles. The fourth-order valence-corrected chi connectivity index (χ4v) is 1.15. The summed E-state index contributed by atoms with van der Waals surface area (Å²) in [4.78, 5) is 14.9. The fourth-order valence-electron chi connectivity index (χ4n) is 0.979. The standard InChI is InChI=1S/C8H4ClNO2/c9-5-1-2-7-6(3-5)8(11)12-4-10-7/h1-4H. The zero-order valence-corrected chi connectivity index (χ0v) is 6.71. The van der Waals surface area contributed by atoms with Crippen molar-refractivity contribution in [3.8, 4) is 0 Å². The molecule has 2 rings (SSSR count). The van der Waals surface area contributed by atoms with Crippen molar-refractivity contribution < 1.29 is 4.42 Å². The van der Waals surface area contributed by atoms with E-state index in [-0.39, 0.29) is 0 Å². The lowest BCUT2D eigenvalue weighted by Crippen LogP contribution is -1.99. The van der Waals surface area contributed by atoms with Crippen LogP contribution in [0.1, 0.15) is 0 Å². The van der Waals surface area contributed by atoms with Gasteiger partial charge in [-0.1, -0.05) is 11.6 Å². The van der Waals surface area contributed by atoms with Gasteiger partial charge in [-0.3, -0.25) is 0 Å². The summed E-state index contributed by atoms with van der Waals surface area (Å²) in [6.45, 7) is 0. The number of nitrogens with zero attached hydrogens (tertiary/aromatic N) is 1. The number of halogens is 1. The number of hydrogen-bond donors (Lipinski definition) is 0. The van der Waals surface area contributed by atoms with E-state index in [1.807, 2.05) is 0 Å². The number of aromatic nitrogens is 1. The first-order valence-electron chi connectivity index (χ1n) is 3.30. The number of benzene rings is 1. The molecule has 1 aromatic heterocycles. The van der Waals surface area contributed by atoms with Crippen molar-refractivity contribution in [2.45, 2.75) is 0 Å². The van der Waals surface area contributed by atoms with Crippen LogP contribution in [0, 0.1) is 0 Å². The molecule has 0 fully saturated rings. The highest BCUT2D eigenvalue weighted by Crippen LogP contribution is 2.13. The molecule has 0 aliphatic rings. The molecule has 0 bridgehead atoms. The van der Waals surface area contributed by atoms with Gasteiger partial charge in [0.1, 0.15) is 0 Å². The topological polar surface area (TPSA) is 43.1 Å². The van der Waals surface area contributed by atoms with E-state index in [2.05, 4.69) is 9.40 Å². The van der Waals surface area contributed by atoms with Gasteiger partial charge in [-0.2, -0.15) is 0 Å². The largest absolute Gasteiger partial charge is 0.411 e. The predicted molar refractivity (Wildman–Crippen MR) is 45.3 cm³/mol. The van der Waals surface area contributed by atoms with Crippen molar-refractivity contribution in [3.05, 3.63) is 40.0 Å². The zero-order chi connectivity index (χ0) is 8.55. The van der Waals surface area contributed by atoms with Crippen molar-refractivity contribution in [1.29, 1.82) is 0 Å². The number of rotatable bonds is 0. The first-order valence-corrected chi connectivity index (χ1v) is 3.68. The van der Waals surface area contributed by atoms with Gasteiger partial charge < -0.3 is 4.42 Å². The lowest BCUT2D eigenvalue weighted by Gasteiger charge is -1.93. The molecule has 4 heteroatoms. The molecule has 0 atom stereocenters. The SMILES string of the molecule is O=c1ocnc2ccc(Cl)cc12. The molecule has 12 heavy (non-hydrogen) atoms. The molecule has 3 nitrogen and oxygen atoms in total. The van der Waals surface area contributed by atoms with Crippen LogP contribution in [-0.2, 0) is 0 Å². The second-order valence-electron chi connectivity index (χ2n) is 2.30. The Labute approximate surface area is 72.6 Å². The van der Waals surface area contributed by atoms with E-state index >= 15 is 0 Å². The monoisotopic (exact) mass is 181 g/mol. The Bertz CT molecular complexity index is 478. The molecule has 0 N–H and O–H groups in total.